The van der Waals surface area contributed by atoms with Crippen molar-refractivity contribution >= 4 is 38.1 Å². The highest BCUT2D eigenvalue weighted by atomic mass is 35.5. The molecule has 10 heteroatoms. The van der Waals surface area contributed by atoms with E-state index >= 15 is 0 Å². The molecule has 0 amide bonds. The van der Waals surface area contributed by atoms with Crippen LogP contribution in [0.1, 0.15) is 0 Å². The number of rotatable bonds is 1. The first-order chi connectivity index (χ1) is 7.31. The van der Waals surface area contributed by atoms with Crippen LogP contribution in [0.4, 0.5) is 5.69 Å². The average Bonchev–Trinajstić information content (AvgIpc) is 2.15. The smallest absolute Gasteiger partial charge is 0.244 e. The fraction of sp³-hybridized carbons (Fsp3) is 0.143. The van der Waals surface area contributed by atoms with E-state index in [4.69, 9.17) is 5.14 Å². The van der Waals surface area contributed by atoms with Gasteiger partial charge in [-0.05, 0) is 18.2 Å². The Hall–Kier alpha value is -0.870. The molecule has 0 bridgehead atoms. The summed E-state index contributed by atoms with van der Waals surface area (Å²) in [5.41, 5.74) is 0.353. The van der Waals surface area contributed by atoms with Gasteiger partial charge < -0.3 is 5.32 Å². The fourth-order valence-electron chi connectivity index (χ4n) is 1.35. The number of hydrogen-bond acceptors (Lipinski definition) is 5. The Morgan fingerprint density at radius 3 is 2.53 bits per heavy atom. The molecule has 0 atom stereocenters. The summed E-state index contributed by atoms with van der Waals surface area (Å²) in [6.45, 7) is 0.0735. The van der Waals surface area contributed by atoms with Crippen LogP contribution in [-0.4, -0.2) is 23.5 Å². The van der Waals surface area contributed by atoms with Gasteiger partial charge in [0.25, 0.3) is 0 Å². The van der Waals surface area contributed by atoms with Gasteiger partial charge in [-0.1, -0.05) is 0 Å². The van der Waals surface area contributed by atoms with Crippen LogP contribution < -0.4 is 15.2 Å². The first-order valence-corrected chi connectivity index (χ1v) is 7.24. The van der Waals surface area contributed by atoms with Crippen molar-refractivity contribution in [2.45, 2.75) is 9.79 Å². The number of fused-ring (bicyclic) bond motifs is 1. The molecule has 0 radical (unpaired) electrons. The van der Waals surface area contributed by atoms with E-state index in [1.807, 2.05) is 0 Å². The predicted molar refractivity (Wildman–Crippen MR) is 63.9 cm³/mol. The molecular formula is C7H10ClN3O4S2. The highest BCUT2D eigenvalue weighted by molar-refractivity contribution is 7.90. The summed E-state index contributed by atoms with van der Waals surface area (Å²) in [4.78, 5) is -0.356. The van der Waals surface area contributed by atoms with Gasteiger partial charge in [-0.25, -0.2) is 22.0 Å². The van der Waals surface area contributed by atoms with Crippen LogP contribution in [0.2, 0.25) is 0 Å². The standard InChI is InChI=1S/C7H9N3O4S2.ClH/c8-15(11,12)5-1-2-6-7(3-5)16(13,14)10-4-9-6;/h1-3,9-10H,4H2,(H2,8,11,12);1H. The van der Waals surface area contributed by atoms with Crippen LogP contribution in [0.15, 0.2) is 28.0 Å². The molecule has 1 aliphatic rings. The number of anilines is 1. The molecule has 1 aliphatic heterocycles. The van der Waals surface area contributed by atoms with Crippen molar-refractivity contribution in [1.29, 1.82) is 0 Å². The first-order valence-electron chi connectivity index (χ1n) is 4.21. The van der Waals surface area contributed by atoms with Gasteiger partial charge in [-0.2, -0.15) is 4.72 Å². The van der Waals surface area contributed by atoms with Crippen molar-refractivity contribution in [3.05, 3.63) is 18.2 Å². The molecule has 0 fully saturated rings. The first kappa shape index (κ1) is 14.2. The molecule has 0 spiro atoms. The Morgan fingerprint density at radius 2 is 1.94 bits per heavy atom. The molecule has 4 N–H and O–H groups in total. The Labute approximate surface area is 105 Å². The number of primary sulfonamides is 1. The lowest BCUT2D eigenvalue weighted by molar-refractivity contribution is 0.581. The molecule has 17 heavy (non-hydrogen) atoms. The summed E-state index contributed by atoms with van der Waals surface area (Å²) in [5, 5.41) is 7.69. The maximum atomic E-state index is 11.6. The maximum Gasteiger partial charge on any atom is 0.244 e. The fourth-order valence-corrected chi connectivity index (χ4v) is 3.10. The number of benzene rings is 1. The van der Waals surface area contributed by atoms with Crippen molar-refractivity contribution in [3.63, 3.8) is 0 Å². The molecule has 7 nitrogen and oxygen atoms in total. The Bertz CT molecular complexity index is 641. The molecule has 1 aromatic rings. The van der Waals surface area contributed by atoms with Gasteiger partial charge in [0.2, 0.25) is 20.0 Å². The van der Waals surface area contributed by atoms with Crippen LogP contribution >= 0.6 is 12.4 Å². The van der Waals surface area contributed by atoms with Crippen molar-refractivity contribution < 1.29 is 16.8 Å². The normalized spacial score (nSPS) is 17.5. The van der Waals surface area contributed by atoms with Crippen LogP contribution in [-0.2, 0) is 20.0 Å². The monoisotopic (exact) mass is 299 g/mol. The summed E-state index contributed by atoms with van der Waals surface area (Å²) in [5.74, 6) is 0. The lowest BCUT2D eigenvalue weighted by Gasteiger charge is -2.19. The molecule has 0 unspecified atom stereocenters. The Balaban J connectivity index is 0.00000144. The molecule has 0 aliphatic carbocycles. The van der Waals surface area contributed by atoms with Gasteiger partial charge >= 0.3 is 0 Å². The van der Waals surface area contributed by atoms with E-state index in [1.54, 1.807) is 0 Å². The molecule has 0 saturated heterocycles. The average molecular weight is 300 g/mol. The third-order valence-electron chi connectivity index (χ3n) is 2.11. The van der Waals surface area contributed by atoms with Crippen LogP contribution in [0.5, 0.6) is 0 Å². The second-order valence-corrected chi connectivity index (χ2v) is 6.50. The molecule has 0 aromatic heterocycles. The van der Waals surface area contributed by atoms with Gasteiger partial charge in [0.1, 0.15) is 4.90 Å². The molecule has 2 rings (SSSR count). The van der Waals surface area contributed by atoms with E-state index in [-0.39, 0.29) is 28.9 Å². The van der Waals surface area contributed by atoms with Crippen molar-refractivity contribution in [1.82, 2.24) is 4.72 Å². The Morgan fingerprint density at radius 1 is 1.29 bits per heavy atom. The quantitative estimate of drug-likeness (QED) is 0.641. The van der Waals surface area contributed by atoms with Gasteiger partial charge in [-0.15, -0.1) is 12.4 Å². The summed E-state index contributed by atoms with van der Waals surface area (Å²) < 4.78 is 47.5. The Kier molecular flexibility index (Phi) is 3.69. The van der Waals surface area contributed by atoms with E-state index in [0.29, 0.717) is 5.69 Å². The van der Waals surface area contributed by atoms with Crippen molar-refractivity contribution in [3.8, 4) is 0 Å². The zero-order chi connectivity index (χ0) is 12.0. The summed E-state index contributed by atoms with van der Waals surface area (Å²) in [6.07, 6.45) is 0. The lowest BCUT2D eigenvalue weighted by Crippen LogP contribution is -2.34. The zero-order valence-corrected chi connectivity index (χ0v) is 10.8. The van der Waals surface area contributed by atoms with Gasteiger partial charge in [0.15, 0.2) is 0 Å². The minimum atomic E-state index is -3.91. The van der Waals surface area contributed by atoms with E-state index in [2.05, 4.69) is 10.0 Å². The lowest BCUT2D eigenvalue weighted by atomic mass is 10.3. The van der Waals surface area contributed by atoms with E-state index in [9.17, 15) is 16.8 Å². The molecule has 0 saturated carbocycles. The molecule has 1 aromatic carbocycles. The van der Waals surface area contributed by atoms with Gasteiger partial charge in [0, 0.05) is 0 Å². The van der Waals surface area contributed by atoms with Crippen LogP contribution in [0, 0.1) is 0 Å². The van der Waals surface area contributed by atoms with Crippen molar-refractivity contribution in [2.75, 3.05) is 12.0 Å². The van der Waals surface area contributed by atoms with Crippen LogP contribution in [0.3, 0.4) is 0 Å². The largest absolute Gasteiger partial charge is 0.370 e. The SMILES string of the molecule is Cl.NS(=O)(=O)c1ccc2c(c1)S(=O)(=O)NCN2. The minimum absolute atomic E-state index is 0. The number of sulfonamides is 2. The number of nitrogens with two attached hydrogens (primary N) is 1. The molecule has 1 heterocycles. The zero-order valence-electron chi connectivity index (χ0n) is 8.37. The number of hydrogen-bond donors (Lipinski definition) is 3. The third kappa shape index (κ3) is 2.69. The minimum Gasteiger partial charge on any atom is -0.370 e. The summed E-state index contributed by atoms with van der Waals surface area (Å²) in [6, 6.07) is 3.65. The highest BCUT2D eigenvalue weighted by Gasteiger charge is 2.24. The maximum absolute atomic E-state index is 11.6. The van der Waals surface area contributed by atoms with Crippen molar-refractivity contribution in [2.24, 2.45) is 5.14 Å². The van der Waals surface area contributed by atoms with E-state index in [1.165, 1.54) is 12.1 Å². The second kappa shape index (κ2) is 4.42. The number of nitrogens with one attached hydrogen (secondary N) is 2. The summed E-state index contributed by atoms with van der Waals surface area (Å²) >= 11 is 0. The third-order valence-corrected chi connectivity index (χ3v) is 4.46. The van der Waals surface area contributed by atoms with Crippen LogP contribution in [0.25, 0.3) is 0 Å². The van der Waals surface area contributed by atoms with E-state index < -0.39 is 20.0 Å². The van der Waals surface area contributed by atoms with Gasteiger partial charge in [-0.3, -0.25) is 0 Å². The second-order valence-electron chi connectivity index (χ2n) is 3.20. The van der Waals surface area contributed by atoms with E-state index in [0.717, 1.165) is 6.07 Å². The predicted octanol–water partition coefficient (Wildman–Crippen LogP) is -0.583. The number of halogens is 1. The topological polar surface area (TPSA) is 118 Å². The highest BCUT2D eigenvalue weighted by Crippen LogP contribution is 2.26. The van der Waals surface area contributed by atoms with Gasteiger partial charge in [0.05, 0.1) is 17.3 Å². The molecule has 96 valence electrons. The molecular weight excluding hydrogens is 290 g/mol. The summed E-state index contributed by atoms with van der Waals surface area (Å²) in [7, 11) is -7.56.